The summed E-state index contributed by atoms with van der Waals surface area (Å²) >= 11 is 1.42. The summed E-state index contributed by atoms with van der Waals surface area (Å²) in [5, 5.41) is 9.65. The van der Waals surface area contributed by atoms with Gasteiger partial charge in [-0.15, -0.1) is 11.3 Å². The fourth-order valence-electron chi connectivity index (χ4n) is 4.89. The van der Waals surface area contributed by atoms with Crippen molar-refractivity contribution in [2.24, 2.45) is 0 Å². The summed E-state index contributed by atoms with van der Waals surface area (Å²) in [5.41, 5.74) is 2.00. The Kier molecular flexibility index (Phi) is 8.53. The number of benzene rings is 3. The minimum Gasteiger partial charge on any atom is -0.487 e. The molecule has 1 amide bonds. The quantitative estimate of drug-likeness (QED) is 0.171. The van der Waals surface area contributed by atoms with Crippen LogP contribution in [0.15, 0.2) is 72.9 Å². The molecule has 44 heavy (non-hydrogen) atoms. The van der Waals surface area contributed by atoms with E-state index in [9.17, 15) is 18.0 Å². The zero-order valence-electron chi connectivity index (χ0n) is 23.5. The molecule has 0 bridgehead atoms. The predicted octanol–water partition coefficient (Wildman–Crippen LogP) is 7.12. The highest BCUT2D eigenvalue weighted by Crippen LogP contribution is 2.37. The van der Waals surface area contributed by atoms with E-state index in [0.29, 0.717) is 28.3 Å². The molecule has 3 aromatic carbocycles. The van der Waals surface area contributed by atoms with Crippen LogP contribution in [0.1, 0.15) is 28.2 Å². The van der Waals surface area contributed by atoms with Crippen LogP contribution in [0.2, 0.25) is 0 Å². The van der Waals surface area contributed by atoms with Crippen molar-refractivity contribution in [1.82, 2.24) is 20.3 Å². The number of hydrogen-bond donors (Lipinski definition) is 3. The van der Waals surface area contributed by atoms with Crippen molar-refractivity contribution in [3.05, 3.63) is 101 Å². The summed E-state index contributed by atoms with van der Waals surface area (Å²) in [5.74, 6) is -2.81. The highest BCUT2D eigenvalue weighted by molar-refractivity contribution is 7.15. The first-order valence-electron chi connectivity index (χ1n) is 13.9. The van der Waals surface area contributed by atoms with Gasteiger partial charge in [0.15, 0.2) is 11.6 Å². The lowest BCUT2D eigenvalue weighted by Gasteiger charge is -2.24. The van der Waals surface area contributed by atoms with Gasteiger partial charge in [0.1, 0.15) is 23.3 Å². The standard InChI is InChI=1S/C32H27F3N6O2S/c1-18-38-29(19-4-2-5-20(16-19)39-31(42)28-23(33)6-3-7-24(28)34)30(44-18)26-12-15-37-32(41-26)40-21-8-9-27(25(35)17-21)43-22-10-13-36-14-11-22/h2-9,12,15-17,22,36H,10-11,13-14H2,1H3,(H,39,42)(H,37,40,41). The predicted molar refractivity (Wildman–Crippen MR) is 164 cm³/mol. The Labute approximate surface area is 255 Å². The maximum absolute atomic E-state index is 14.9. The fraction of sp³-hybridized carbons (Fsp3) is 0.188. The van der Waals surface area contributed by atoms with Crippen LogP contribution in [0.25, 0.3) is 21.8 Å². The van der Waals surface area contributed by atoms with Crippen LogP contribution >= 0.6 is 11.3 Å². The zero-order chi connectivity index (χ0) is 30.6. The van der Waals surface area contributed by atoms with E-state index in [-0.39, 0.29) is 17.8 Å². The number of carbonyl (C=O) groups excluding carboxylic acids is 1. The summed E-state index contributed by atoms with van der Waals surface area (Å²) in [6, 6.07) is 16.5. The van der Waals surface area contributed by atoms with Gasteiger partial charge in [-0.2, -0.15) is 0 Å². The maximum Gasteiger partial charge on any atom is 0.261 e. The number of aromatic nitrogens is 3. The molecule has 8 nitrogen and oxygen atoms in total. The number of nitrogens with zero attached hydrogens (tertiary/aromatic N) is 3. The number of anilines is 3. The van der Waals surface area contributed by atoms with Gasteiger partial charge in [0.25, 0.3) is 5.91 Å². The van der Waals surface area contributed by atoms with Crippen molar-refractivity contribution in [1.29, 1.82) is 0 Å². The Morgan fingerprint density at radius 2 is 1.70 bits per heavy atom. The number of aryl methyl sites for hydroxylation is 1. The van der Waals surface area contributed by atoms with Gasteiger partial charge in [-0.1, -0.05) is 18.2 Å². The van der Waals surface area contributed by atoms with E-state index in [1.54, 1.807) is 42.6 Å². The minimum absolute atomic E-state index is 0.0200. The van der Waals surface area contributed by atoms with Gasteiger partial charge in [-0.05, 0) is 75.3 Å². The van der Waals surface area contributed by atoms with Crippen LogP contribution in [-0.4, -0.2) is 40.1 Å². The van der Waals surface area contributed by atoms with Crippen LogP contribution in [0.5, 0.6) is 5.75 Å². The number of halogens is 3. The fourth-order valence-corrected chi connectivity index (χ4v) is 5.80. The third-order valence-electron chi connectivity index (χ3n) is 6.97. The third-order valence-corrected chi connectivity index (χ3v) is 7.97. The Hall–Kier alpha value is -4.81. The highest BCUT2D eigenvalue weighted by Gasteiger charge is 2.20. The van der Waals surface area contributed by atoms with E-state index in [4.69, 9.17) is 4.74 Å². The average Bonchev–Trinajstić information content (AvgIpc) is 3.41. The molecule has 1 aliphatic heterocycles. The summed E-state index contributed by atoms with van der Waals surface area (Å²) in [6.07, 6.45) is 3.22. The largest absolute Gasteiger partial charge is 0.487 e. The Morgan fingerprint density at radius 3 is 2.48 bits per heavy atom. The number of nitrogens with one attached hydrogen (secondary N) is 3. The summed E-state index contributed by atoms with van der Waals surface area (Å²) in [6.45, 7) is 3.56. The molecule has 5 aromatic rings. The zero-order valence-corrected chi connectivity index (χ0v) is 24.4. The molecule has 0 atom stereocenters. The van der Waals surface area contributed by atoms with Crippen molar-refractivity contribution in [2.45, 2.75) is 25.9 Å². The van der Waals surface area contributed by atoms with E-state index in [1.165, 1.54) is 23.5 Å². The van der Waals surface area contributed by atoms with Crippen molar-refractivity contribution in [3.8, 4) is 27.6 Å². The molecule has 0 unspecified atom stereocenters. The molecule has 3 heterocycles. The Bertz CT molecular complexity index is 1810. The number of amides is 1. The molecule has 1 fully saturated rings. The number of hydrogen-bond acceptors (Lipinski definition) is 8. The molecule has 1 aliphatic rings. The maximum atomic E-state index is 14.9. The van der Waals surface area contributed by atoms with Crippen molar-refractivity contribution in [2.75, 3.05) is 23.7 Å². The van der Waals surface area contributed by atoms with E-state index in [0.717, 1.165) is 47.9 Å². The summed E-state index contributed by atoms with van der Waals surface area (Å²) in [4.78, 5) is 27.0. The van der Waals surface area contributed by atoms with Crippen molar-refractivity contribution < 1.29 is 22.7 Å². The minimum atomic E-state index is -0.950. The second kappa shape index (κ2) is 12.8. The summed E-state index contributed by atoms with van der Waals surface area (Å²) in [7, 11) is 0. The van der Waals surface area contributed by atoms with Gasteiger partial charge in [0.05, 0.1) is 21.3 Å². The van der Waals surface area contributed by atoms with Gasteiger partial charge in [-0.25, -0.2) is 28.1 Å². The third kappa shape index (κ3) is 6.56. The van der Waals surface area contributed by atoms with Gasteiger partial charge >= 0.3 is 0 Å². The number of ether oxygens (including phenoxy) is 1. The molecular formula is C32H27F3N6O2S. The van der Waals surface area contributed by atoms with Crippen LogP contribution in [0.4, 0.5) is 30.5 Å². The van der Waals surface area contributed by atoms with Crippen LogP contribution < -0.4 is 20.7 Å². The number of carbonyl (C=O) groups is 1. The molecule has 224 valence electrons. The topological polar surface area (TPSA) is 101 Å². The molecule has 0 spiro atoms. The Balaban J connectivity index is 1.21. The monoisotopic (exact) mass is 616 g/mol. The van der Waals surface area contributed by atoms with E-state index in [2.05, 4.69) is 30.9 Å². The lowest BCUT2D eigenvalue weighted by molar-refractivity contribution is 0.101. The molecule has 3 N–H and O–H groups in total. The van der Waals surface area contributed by atoms with Crippen LogP contribution in [-0.2, 0) is 0 Å². The number of thiazole rings is 1. The SMILES string of the molecule is Cc1nc(-c2cccc(NC(=O)c3c(F)cccc3F)c2)c(-c2ccnc(Nc3ccc(OC4CCNCC4)c(F)c3)n2)s1. The Morgan fingerprint density at radius 1 is 0.932 bits per heavy atom. The van der Waals surface area contributed by atoms with Crippen molar-refractivity contribution in [3.63, 3.8) is 0 Å². The number of piperidine rings is 1. The smallest absolute Gasteiger partial charge is 0.261 e. The van der Waals surface area contributed by atoms with Gasteiger partial charge in [0, 0.05) is 29.2 Å². The van der Waals surface area contributed by atoms with Gasteiger partial charge < -0.3 is 20.7 Å². The summed E-state index contributed by atoms with van der Waals surface area (Å²) < 4.78 is 49.0. The normalized spacial score (nSPS) is 13.5. The first-order chi connectivity index (χ1) is 21.3. The molecule has 0 saturated carbocycles. The van der Waals surface area contributed by atoms with Gasteiger partial charge in [0.2, 0.25) is 5.95 Å². The van der Waals surface area contributed by atoms with Crippen LogP contribution in [0.3, 0.4) is 0 Å². The van der Waals surface area contributed by atoms with E-state index in [1.807, 2.05) is 13.0 Å². The van der Waals surface area contributed by atoms with E-state index < -0.39 is 28.9 Å². The second-order valence-corrected chi connectivity index (χ2v) is 11.3. The molecule has 12 heteroatoms. The highest BCUT2D eigenvalue weighted by atomic mass is 32.1. The molecule has 1 saturated heterocycles. The van der Waals surface area contributed by atoms with Crippen LogP contribution in [0, 0.1) is 24.4 Å². The van der Waals surface area contributed by atoms with E-state index >= 15 is 0 Å². The molecule has 2 aromatic heterocycles. The number of rotatable bonds is 8. The van der Waals surface area contributed by atoms with Gasteiger partial charge in [-0.3, -0.25) is 4.79 Å². The average molecular weight is 617 g/mol. The lowest BCUT2D eigenvalue weighted by Crippen LogP contribution is -2.34. The molecule has 6 rings (SSSR count). The lowest BCUT2D eigenvalue weighted by atomic mass is 10.1. The molecule has 0 radical (unpaired) electrons. The first kappa shape index (κ1) is 29.3. The molecule has 0 aliphatic carbocycles. The van der Waals surface area contributed by atoms with Crippen molar-refractivity contribution >= 4 is 34.6 Å². The first-order valence-corrected chi connectivity index (χ1v) is 14.8. The molecular weight excluding hydrogens is 589 g/mol. The second-order valence-electron chi connectivity index (χ2n) is 10.1.